The molecule has 0 aromatic rings. The maximum atomic E-state index is 13.0. The Bertz CT molecular complexity index is 764. The number of hydrogen-bond acceptors (Lipinski definition) is 8. The number of thioether (sulfide) groups is 1. The molecular formula is C19H31N5O8S. The largest absolute Gasteiger partial charge is 0.481 e. The van der Waals surface area contributed by atoms with Crippen molar-refractivity contribution in [1.29, 1.82) is 0 Å². The molecule has 1 aliphatic heterocycles. The molecule has 1 saturated heterocycles. The van der Waals surface area contributed by atoms with Crippen molar-refractivity contribution < 1.29 is 39.0 Å². The van der Waals surface area contributed by atoms with Crippen molar-refractivity contribution in [2.75, 3.05) is 18.6 Å². The van der Waals surface area contributed by atoms with Gasteiger partial charge in [-0.05, 0) is 37.7 Å². The van der Waals surface area contributed by atoms with Crippen molar-refractivity contribution in [3.8, 4) is 0 Å². The van der Waals surface area contributed by atoms with Gasteiger partial charge >= 0.3 is 11.9 Å². The molecule has 1 rings (SSSR count). The molecule has 8 N–H and O–H groups in total. The summed E-state index contributed by atoms with van der Waals surface area (Å²) >= 11 is 1.42. The normalized spacial score (nSPS) is 18.1. The maximum Gasteiger partial charge on any atom is 0.326 e. The standard InChI is InChI=1S/C19H31N5O8S/c1-33-8-6-11(18(30)24-7-2-3-13(24)19(31)32)22-17(29)12(9-14(21)25)23-16(28)10(20)4-5-15(26)27/h10-13H,2-9,20H2,1H3,(H2,21,25)(H,22,29)(H,23,28)(H,26,27)(H,31,32). The van der Waals surface area contributed by atoms with Crippen LogP contribution in [0.25, 0.3) is 0 Å². The van der Waals surface area contributed by atoms with Gasteiger partial charge in [0, 0.05) is 13.0 Å². The van der Waals surface area contributed by atoms with E-state index in [0.29, 0.717) is 18.6 Å². The number of rotatable bonds is 14. The number of amides is 4. The molecule has 4 unspecified atom stereocenters. The first-order valence-corrected chi connectivity index (χ1v) is 11.8. The third-order valence-electron chi connectivity index (χ3n) is 5.09. The van der Waals surface area contributed by atoms with Gasteiger partial charge in [-0.15, -0.1) is 0 Å². The number of likely N-dealkylation sites (tertiary alicyclic amines) is 1. The van der Waals surface area contributed by atoms with Crippen molar-refractivity contribution in [2.24, 2.45) is 11.5 Å². The Balaban J connectivity index is 2.95. The summed E-state index contributed by atoms with van der Waals surface area (Å²) in [4.78, 5) is 72.9. The Hall–Kier alpha value is -2.87. The number of nitrogens with zero attached hydrogens (tertiary/aromatic N) is 1. The number of hydrogen-bond donors (Lipinski definition) is 6. The zero-order chi connectivity index (χ0) is 25.1. The van der Waals surface area contributed by atoms with Crippen LogP contribution in [-0.4, -0.2) is 93.4 Å². The fraction of sp³-hybridized carbons (Fsp3) is 0.684. The Kier molecular flexibility index (Phi) is 11.6. The van der Waals surface area contributed by atoms with Crippen LogP contribution in [0.2, 0.25) is 0 Å². The predicted octanol–water partition coefficient (Wildman–Crippen LogP) is -2.15. The van der Waals surface area contributed by atoms with Gasteiger partial charge in [-0.2, -0.15) is 11.8 Å². The Morgan fingerprint density at radius 2 is 1.70 bits per heavy atom. The quantitative estimate of drug-likeness (QED) is 0.155. The lowest BCUT2D eigenvalue weighted by atomic mass is 10.1. The highest BCUT2D eigenvalue weighted by Crippen LogP contribution is 2.19. The summed E-state index contributed by atoms with van der Waals surface area (Å²) in [7, 11) is 0. The number of carbonyl (C=O) groups is 6. The van der Waals surface area contributed by atoms with E-state index in [2.05, 4.69) is 10.6 Å². The molecule has 0 radical (unpaired) electrons. The number of aliphatic carboxylic acids is 2. The minimum absolute atomic E-state index is 0.188. The Morgan fingerprint density at radius 1 is 1.06 bits per heavy atom. The number of primary amides is 1. The van der Waals surface area contributed by atoms with Crippen LogP contribution in [0.3, 0.4) is 0 Å². The third-order valence-corrected chi connectivity index (χ3v) is 5.73. The topological polar surface area (TPSA) is 222 Å². The summed E-state index contributed by atoms with van der Waals surface area (Å²) in [5, 5.41) is 22.8. The first-order valence-electron chi connectivity index (χ1n) is 10.4. The van der Waals surface area contributed by atoms with E-state index in [1.807, 2.05) is 0 Å². The van der Waals surface area contributed by atoms with E-state index in [9.17, 15) is 33.9 Å². The molecule has 0 saturated carbocycles. The average molecular weight is 490 g/mol. The number of nitrogens with two attached hydrogens (primary N) is 2. The lowest BCUT2D eigenvalue weighted by Gasteiger charge is -2.28. The van der Waals surface area contributed by atoms with Crippen LogP contribution in [0.5, 0.6) is 0 Å². The van der Waals surface area contributed by atoms with Crippen LogP contribution in [0, 0.1) is 0 Å². The third kappa shape index (κ3) is 9.26. The van der Waals surface area contributed by atoms with Crippen LogP contribution in [-0.2, 0) is 28.8 Å². The van der Waals surface area contributed by atoms with E-state index in [-0.39, 0.29) is 25.8 Å². The van der Waals surface area contributed by atoms with Crippen LogP contribution in [0.4, 0.5) is 0 Å². The Morgan fingerprint density at radius 3 is 2.24 bits per heavy atom. The minimum Gasteiger partial charge on any atom is -0.481 e. The Labute approximate surface area is 195 Å². The van der Waals surface area contributed by atoms with Crippen molar-refractivity contribution in [2.45, 2.75) is 62.7 Å². The second kappa shape index (κ2) is 13.6. The summed E-state index contributed by atoms with van der Waals surface area (Å²) in [6, 6.07) is -4.74. The van der Waals surface area contributed by atoms with Crippen LogP contribution in [0.1, 0.15) is 38.5 Å². The van der Waals surface area contributed by atoms with Crippen molar-refractivity contribution >= 4 is 47.3 Å². The molecular weight excluding hydrogens is 458 g/mol. The molecule has 0 aromatic heterocycles. The van der Waals surface area contributed by atoms with E-state index in [0.717, 1.165) is 0 Å². The van der Waals surface area contributed by atoms with E-state index < -0.39 is 66.2 Å². The highest BCUT2D eigenvalue weighted by Gasteiger charge is 2.38. The molecule has 13 nitrogen and oxygen atoms in total. The number of carboxylic acid groups (broad SMARTS) is 2. The first-order chi connectivity index (χ1) is 15.5. The van der Waals surface area contributed by atoms with Crippen molar-refractivity contribution in [1.82, 2.24) is 15.5 Å². The molecule has 14 heteroatoms. The van der Waals surface area contributed by atoms with Gasteiger partial charge in [0.25, 0.3) is 0 Å². The predicted molar refractivity (Wildman–Crippen MR) is 118 cm³/mol. The fourth-order valence-electron chi connectivity index (χ4n) is 3.35. The van der Waals surface area contributed by atoms with Crippen molar-refractivity contribution in [3.05, 3.63) is 0 Å². The molecule has 186 valence electrons. The molecule has 0 aromatic carbocycles. The van der Waals surface area contributed by atoms with Gasteiger partial charge in [0.2, 0.25) is 23.6 Å². The fourth-order valence-corrected chi connectivity index (χ4v) is 3.82. The van der Waals surface area contributed by atoms with Crippen LogP contribution >= 0.6 is 11.8 Å². The summed E-state index contributed by atoms with van der Waals surface area (Å²) in [6.45, 7) is 0.237. The monoisotopic (exact) mass is 489 g/mol. The maximum absolute atomic E-state index is 13.0. The summed E-state index contributed by atoms with van der Waals surface area (Å²) < 4.78 is 0. The van der Waals surface area contributed by atoms with Gasteiger partial charge in [-0.25, -0.2) is 4.79 Å². The molecule has 1 fully saturated rings. The molecule has 4 amide bonds. The number of nitrogens with one attached hydrogen (secondary N) is 2. The second-order valence-electron chi connectivity index (χ2n) is 7.64. The molecule has 1 aliphatic rings. The smallest absolute Gasteiger partial charge is 0.326 e. The van der Waals surface area contributed by atoms with Gasteiger partial charge in [0.15, 0.2) is 0 Å². The van der Waals surface area contributed by atoms with Crippen LogP contribution in [0.15, 0.2) is 0 Å². The molecule has 33 heavy (non-hydrogen) atoms. The molecule has 0 aliphatic carbocycles. The van der Waals surface area contributed by atoms with Crippen LogP contribution < -0.4 is 22.1 Å². The average Bonchev–Trinajstić information content (AvgIpc) is 3.23. The van der Waals surface area contributed by atoms with Gasteiger partial charge in [0.05, 0.1) is 12.5 Å². The number of carboxylic acids is 2. The lowest BCUT2D eigenvalue weighted by Crippen LogP contribution is -2.57. The highest BCUT2D eigenvalue weighted by atomic mass is 32.2. The second-order valence-corrected chi connectivity index (χ2v) is 8.63. The van der Waals surface area contributed by atoms with E-state index >= 15 is 0 Å². The van der Waals surface area contributed by atoms with Gasteiger partial charge in [0.1, 0.15) is 18.1 Å². The summed E-state index contributed by atoms with van der Waals surface area (Å²) in [5.41, 5.74) is 10.8. The van der Waals surface area contributed by atoms with Gasteiger partial charge in [-0.1, -0.05) is 0 Å². The van der Waals surface area contributed by atoms with Gasteiger partial charge in [-0.3, -0.25) is 24.0 Å². The highest BCUT2D eigenvalue weighted by molar-refractivity contribution is 7.98. The molecule has 1 heterocycles. The van der Waals surface area contributed by atoms with E-state index in [1.165, 1.54) is 16.7 Å². The zero-order valence-electron chi connectivity index (χ0n) is 18.3. The SMILES string of the molecule is CSCCC(NC(=O)C(CC(N)=O)NC(=O)C(N)CCC(=O)O)C(=O)N1CCCC1C(=O)O. The summed E-state index contributed by atoms with van der Waals surface area (Å²) in [6.07, 6.45) is 1.69. The lowest BCUT2D eigenvalue weighted by molar-refractivity contribution is -0.149. The summed E-state index contributed by atoms with van der Waals surface area (Å²) in [5.74, 6) is -4.98. The first kappa shape index (κ1) is 28.2. The van der Waals surface area contributed by atoms with E-state index in [4.69, 9.17) is 16.6 Å². The zero-order valence-corrected chi connectivity index (χ0v) is 19.1. The van der Waals surface area contributed by atoms with E-state index in [1.54, 1.807) is 6.26 Å². The van der Waals surface area contributed by atoms with Crippen molar-refractivity contribution in [3.63, 3.8) is 0 Å². The minimum atomic E-state index is -1.44. The molecule has 0 bridgehead atoms. The molecule has 0 spiro atoms. The van der Waals surface area contributed by atoms with Gasteiger partial charge < -0.3 is 37.2 Å². The number of carbonyl (C=O) groups excluding carboxylic acids is 4. The molecule has 4 atom stereocenters.